The van der Waals surface area contributed by atoms with E-state index in [1.165, 1.54) is 5.56 Å². The zero-order valence-electron chi connectivity index (χ0n) is 8.23. The molecule has 2 rings (SSSR count). The van der Waals surface area contributed by atoms with Crippen LogP contribution in [0.5, 0.6) is 0 Å². The Kier molecular flexibility index (Phi) is 2.23. The van der Waals surface area contributed by atoms with Gasteiger partial charge in [0.2, 0.25) is 0 Å². The summed E-state index contributed by atoms with van der Waals surface area (Å²) in [5.74, 6) is 0.698. The predicted molar refractivity (Wildman–Crippen MR) is 54.7 cm³/mol. The van der Waals surface area contributed by atoms with Crippen LogP contribution in [0.4, 0.5) is 0 Å². The lowest BCUT2D eigenvalue weighted by Crippen LogP contribution is -1.93. The van der Waals surface area contributed by atoms with Crippen molar-refractivity contribution in [2.24, 2.45) is 0 Å². The smallest absolute Gasteiger partial charge is 0.148 e. The molecule has 0 saturated heterocycles. The van der Waals surface area contributed by atoms with Crippen molar-refractivity contribution in [2.75, 3.05) is 0 Å². The van der Waals surface area contributed by atoms with Crippen LogP contribution >= 0.6 is 0 Å². The minimum absolute atomic E-state index is 0.698. The Morgan fingerprint density at radius 3 is 2.71 bits per heavy atom. The molecule has 3 nitrogen and oxygen atoms in total. The Balaban J connectivity index is 2.49. The quantitative estimate of drug-likeness (QED) is 0.683. The molecule has 0 aliphatic heterocycles. The Morgan fingerprint density at radius 2 is 2.00 bits per heavy atom. The molecule has 1 heterocycles. The van der Waals surface area contributed by atoms with Gasteiger partial charge in [0.05, 0.1) is 11.9 Å². The Labute approximate surface area is 82.8 Å². The lowest BCUT2D eigenvalue weighted by molar-refractivity contribution is 0.912. The third kappa shape index (κ3) is 1.76. The number of aryl methyl sites for hydroxylation is 2. The molecular weight excluding hydrogens is 174 g/mol. The third-order valence-corrected chi connectivity index (χ3v) is 1.98. The first-order valence-electron chi connectivity index (χ1n) is 4.49. The van der Waals surface area contributed by atoms with Gasteiger partial charge in [-0.25, -0.2) is 4.98 Å². The van der Waals surface area contributed by atoms with Crippen LogP contribution in [0.15, 0.2) is 30.5 Å². The van der Waals surface area contributed by atoms with Crippen LogP contribution in [0.3, 0.4) is 0 Å². The maximum absolute atomic E-state index is 4.31. The first-order chi connectivity index (χ1) is 6.75. The first kappa shape index (κ1) is 8.81. The number of nitrogens with zero attached hydrogens (tertiary/aromatic N) is 3. The normalized spacial score (nSPS) is 10.1. The largest absolute Gasteiger partial charge is 0.230 e. The summed E-state index contributed by atoms with van der Waals surface area (Å²) in [6, 6.07) is 8.19. The summed E-state index contributed by atoms with van der Waals surface area (Å²) in [5, 5.41) is 7.70. The highest BCUT2D eigenvalue weighted by Gasteiger charge is 2.00. The van der Waals surface area contributed by atoms with Crippen molar-refractivity contribution in [3.05, 3.63) is 41.9 Å². The molecule has 2 aromatic rings. The van der Waals surface area contributed by atoms with Crippen molar-refractivity contribution in [1.82, 2.24) is 15.2 Å². The van der Waals surface area contributed by atoms with Gasteiger partial charge in [0.15, 0.2) is 0 Å². The van der Waals surface area contributed by atoms with Gasteiger partial charge >= 0.3 is 0 Å². The van der Waals surface area contributed by atoms with Crippen LogP contribution in [-0.2, 0) is 0 Å². The molecule has 1 aromatic carbocycles. The monoisotopic (exact) mass is 185 g/mol. The summed E-state index contributed by atoms with van der Waals surface area (Å²) < 4.78 is 0. The molecule has 0 bridgehead atoms. The molecule has 14 heavy (non-hydrogen) atoms. The molecule has 0 unspecified atom stereocenters. The van der Waals surface area contributed by atoms with Gasteiger partial charge in [0.1, 0.15) is 5.82 Å². The molecule has 1 aromatic heterocycles. The summed E-state index contributed by atoms with van der Waals surface area (Å²) in [6.45, 7) is 3.90. The third-order valence-electron chi connectivity index (χ3n) is 1.98. The number of hydrogen-bond acceptors (Lipinski definition) is 3. The molecule has 3 heteroatoms. The van der Waals surface area contributed by atoms with Crippen LogP contribution in [0, 0.1) is 13.8 Å². The topological polar surface area (TPSA) is 38.7 Å². The SMILES string of the molecule is Cc1cccc(-c2cnnc(C)n2)c1. The van der Waals surface area contributed by atoms with E-state index in [2.05, 4.69) is 34.2 Å². The van der Waals surface area contributed by atoms with Crippen molar-refractivity contribution < 1.29 is 0 Å². The van der Waals surface area contributed by atoms with E-state index in [1.54, 1.807) is 6.20 Å². The molecule has 0 aliphatic rings. The summed E-state index contributed by atoms with van der Waals surface area (Å²) in [4.78, 5) is 4.31. The van der Waals surface area contributed by atoms with Crippen molar-refractivity contribution in [3.8, 4) is 11.3 Å². The fourth-order valence-electron chi connectivity index (χ4n) is 1.34. The molecule has 0 fully saturated rings. The van der Waals surface area contributed by atoms with Crippen LogP contribution in [0.1, 0.15) is 11.4 Å². The average Bonchev–Trinajstić information content (AvgIpc) is 2.18. The second-order valence-corrected chi connectivity index (χ2v) is 3.26. The number of benzene rings is 1. The first-order valence-corrected chi connectivity index (χ1v) is 4.49. The molecule has 0 amide bonds. The van der Waals surface area contributed by atoms with E-state index in [0.29, 0.717) is 5.82 Å². The summed E-state index contributed by atoms with van der Waals surface area (Å²) in [5.41, 5.74) is 3.18. The van der Waals surface area contributed by atoms with Gasteiger partial charge < -0.3 is 0 Å². The van der Waals surface area contributed by atoms with Crippen molar-refractivity contribution in [3.63, 3.8) is 0 Å². The van der Waals surface area contributed by atoms with E-state index in [1.807, 2.05) is 19.1 Å². The Morgan fingerprint density at radius 1 is 1.14 bits per heavy atom. The van der Waals surface area contributed by atoms with Gasteiger partial charge in [0.25, 0.3) is 0 Å². The Hall–Kier alpha value is -1.77. The van der Waals surface area contributed by atoms with Gasteiger partial charge in [-0.3, -0.25) is 0 Å². The molecular formula is C11H11N3. The van der Waals surface area contributed by atoms with Crippen LogP contribution in [0.2, 0.25) is 0 Å². The predicted octanol–water partition coefficient (Wildman–Crippen LogP) is 2.16. The molecule has 0 atom stereocenters. The summed E-state index contributed by atoms with van der Waals surface area (Å²) >= 11 is 0. The van der Waals surface area contributed by atoms with Crippen molar-refractivity contribution in [1.29, 1.82) is 0 Å². The van der Waals surface area contributed by atoms with Crippen molar-refractivity contribution >= 4 is 0 Å². The van der Waals surface area contributed by atoms with Gasteiger partial charge in [-0.2, -0.15) is 5.10 Å². The minimum Gasteiger partial charge on any atom is -0.230 e. The highest BCUT2D eigenvalue weighted by Crippen LogP contribution is 2.16. The maximum atomic E-state index is 4.31. The lowest BCUT2D eigenvalue weighted by Gasteiger charge is -2.01. The minimum atomic E-state index is 0.698. The standard InChI is InChI=1S/C11H11N3/c1-8-4-3-5-10(6-8)11-7-12-14-9(2)13-11/h3-7H,1-2H3. The van der Waals surface area contributed by atoms with E-state index in [0.717, 1.165) is 11.3 Å². The number of hydrogen-bond donors (Lipinski definition) is 0. The zero-order chi connectivity index (χ0) is 9.97. The van der Waals surface area contributed by atoms with Crippen LogP contribution in [-0.4, -0.2) is 15.2 Å². The average molecular weight is 185 g/mol. The molecule has 0 radical (unpaired) electrons. The van der Waals surface area contributed by atoms with Gasteiger partial charge in [-0.15, -0.1) is 5.10 Å². The summed E-state index contributed by atoms with van der Waals surface area (Å²) in [6.07, 6.45) is 1.68. The fourth-order valence-corrected chi connectivity index (χ4v) is 1.34. The molecule has 0 aliphatic carbocycles. The van der Waals surface area contributed by atoms with E-state index in [9.17, 15) is 0 Å². The van der Waals surface area contributed by atoms with Gasteiger partial charge in [-0.1, -0.05) is 23.8 Å². The van der Waals surface area contributed by atoms with Gasteiger partial charge in [-0.05, 0) is 19.9 Å². The van der Waals surface area contributed by atoms with E-state index in [4.69, 9.17) is 0 Å². The molecule has 0 N–H and O–H groups in total. The molecule has 0 saturated carbocycles. The molecule has 0 spiro atoms. The van der Waals surface area contributed by atoms with Crippen LogP contribution < -0.4 is 0 Å². The maximum Gasteiger partial charge on any atom is 0.148 e. The second-order valence-electron chi connectivity index (χ2n) is 3.26. The second kappa shape index (κ2) is 3.54. The Bertz CT molecular complexity index is 408. The van der Waals surface area contributed by atoms with Gasteiger partial charge in [0, 0.05) is 5.56 Å². The van der Waals surface area contributed by atoms with Crippen molar-refractivity contribution in [2.45, 2.75) is 13.8 Å². The summed E-state index contributed by atoms with van der Waals surface area (Å²) in [7, 11) is 0. The number of rotatable bonds is 1. The number of aromatic nitrogens is 3. The highest BCUT2D eigenvalue weighted by atomic mass is 15.1. The van der Waals surface area contributed by atoms with E-state index in [-0.39, 0.29) is 0 Å². The fraction of sp³-hybridized carbons (Fsp3) is 0.182. The highest BCUT2D eigenvalue weighted by molar-refractivity contribution is 5.58. The zero-order valence-corrected chi connectivity index (χ0v) is 8.23. The van der Waals surface area contributed by atoms with E-state index >= 15 is 0 Å². The van der Waals surface area contributed by atoms with Crippen LogP contribution in [0.25, 0.3) is 11.3 Å². The van der Waals surface area contributed by atoms with E-state index < -0.39 is 0 Å². The lowest BCUT2D eigenvalue weighted by atomic mass is 10.1. The molecule has 70 valence electrons.